The molecule has 6 heteroatoms. The maximum Gasteiger partial charge on any atom is 0.252 e. The van der Waals surface area contributed by atoms with Crippen molar-refractivity contribution >= 4 is 45.3 Å². The normalized spacial score (nSPS) is 12.2. The van der Waals surface area contributed by atoms with E-state index in [9.17, 15) is 9.00 Å². The molecule has 17 heavy (non-hydrogen) atoms. The standard InChI is InChI=1S/C11H14BrNO2S2/c1-2-17(15)6-5-13-11(14)9-7-8(16)3-4-10(9)12/h3-4,7,16H,2,5-6H2,1H3,(H,13,14). The van der Waals surface area contributed by atoms with Gasteiger partial charge >= 0.3 is 0 Å². The number of nitrogens with one attached hydrogen (secondary N) is 1. The summed E-state index contributed by atoms with van der Waals surface area (Å²) in [5.41, 5.74) is 0.541. The number of benzene rings is 1. The molecule has 1 aromatic rings. The van der Waals surface area contributed by atoms with Gasteiger partial charge in [0.15, 0.2) is 0 Å². The lowest BCUT2D eigenvalue weighted by Crippen LogP contribution is -2.28. The molecule has 1 unspecified atom stereocenters. The molecule has 1 N–H and O–H groups in total. The van der Waals surface area contributed by atoms with E-state index in [-0.39, 0.29) is 5.91 Å². The minimum absolute atomic E-state index is 0.180. The van der Waals surface area contributed by atoms with Crippen LogP contribution < -0.4 is 5.32 Å². The number of thiol groups is 1. The second-order valence-electron chi connectivity index (χ2n) is 3.35. The number of carbonyl (C=O) groups excluding carboxylic acids is 1. The molecule has 0 bridgehead atoms. The van der Waals surface area contributed by atoms with Gasteiger partial charge in [0.05, 0.1) is 5.56 Å². The van der Waals surface area contributed by atoms with Crippen LogP contribution in [-0.4, -0.2) is 28.2 Å². The Bertz CT molecular complexity index is 437. The Labute approximate surface area is 117 Å². The van der Waals surface area contributed by atoms with Gasteiger partial charge in [-0.05, 0) is 34.1 Å². The first-order valence-electron chi connectivity index (χ1n) is 5.16. The average Bonchev–Trinajstić information content (AvgIpc) is 2.31. The first-order valence-corrected chi connectivity index (χ1v) is 7.89. The van der Waals surface area contributed by atoms with Gasteiger partial charge in [0.2, 0.25) is 0 Å². The van der Waals surface area contributed by atoms with Crippen molar-refractivity contribution in [2.24, 2.45) is 0 Å². The second kappa shape index (κ2) is 7.18. The van der Waals surface area contributed by atoms with E-state index >= 15 is 0 Å². The predicted molar refractivity (Wildman–Crippen MR) is 77.3 cm³/mol. The van der Waals surface area contributed by atoms with Crippen LogP contribution in [0.2, 0.25) is 0 Å². The van der Waals surface area contributed by atoms with E-state index in [2.05, 4.69) is 33.9 Å². The highest BCUT2D eigenvalue weighted by atomic mass is 79.9. The van der Waals surface area contributed by atoms with Gasteiger partial charge in [-0.2, -0.15) is 0 Å². The van der Waals surface area contributed by atoms with E-state index < -0.39 is 10.8 Å². The molecule has 0 aromatic heterocycles. The number of amides is 1. The minimum Gasteiger partial charge on any atom is -0.351 e. The van der Waals surface area contributed by atoms with Gasteiger partial charge in [0.1, 0.15) is 0 Å². The van der Waals surface area contributed by atoms with Gasteiger partial charge < -0.3 is 5.32 Å². The van der Waals surface area contributed by atoms with Gasteiger partial charge in [-0.25, -0.2) is 0 Å². The molecule has 94 valence electrons. The van der Waals surface area contributed by atoms with E-state index in [1.807, 2.05) is 6.92 Å². The first kappa shape index (κ1) is 14.7. The largest absolute Gasteiger partial charge is 0.351 e. The fourth-order valence-corrected chi connectivity index (χ4v) is 2.45. The molecule has 1 rings (SSSR count). The quantitative estimate of drug-likeness (QED) is 0.810. The van der Waals surface area contributed by atoms with Crippen LogP contribution >= 0.6 is 28.6 Å². The van der Waals surface area contributed by atoms with Gasteiger partial charge in [-0.3, -0.25) is 9.00 Å². The van der Waals surface area contributed by atoms with Crippen molar-refractivity contribution in [2.45, 2.75) is 11.8 Å². The lowest BCUT2D eigenvalue weighted by atomic mass is 10.2. The average molecular weight is 336 g/mol. The molecule has 3 nitrogen and oxygen atoms in total. The van der Waals surface area contributed by atoms with Crippen molar-refractivity contribution < 1.29 is 9.00 Å². The minimum atomic E-state index is -0.851. The maximum atomic E-state index is 11.8. The Morgan fingerprint density at radius 1 is 1.53 bits per heavy atom. The molecule has 0 aliphatic heterocycles. The van der Waals surface area contributed by atoms with Gasteiger partial charge in [-0.15, -0.1) is 12.6 Å². The lowest BCUT2D eigenvalue weighted by Gasteiger charge is -2.07. The molecule has 0 spiro atoms. The summed E-state index contributed by atoms with van der Waals surface area (Å²) in [5, 5.41) is 2.74. The molecule has 0 aliphatic rings. The highest BCUT2D eigenvalue weighted by Crippen LogP contribution is 2.19. The summed E-state index contributed by atoms with van der Waals surface area (Å²) in [6, 6.07) is 5.27. The van der Waals surface area contributed by atoms with Crippen LogP contribution in [0.5, 0.6) is 0 Å². The van der Waals surface area contributed by atoms with E-state index in [0.717, 1.165) is 9.37 Å². The first-order chi connectivity index (χ1) is 8.04. The van der Waals surface area contributed by atoms with Crippen LogP contribution in [0.25, 0.3) is 0 Å². The molecular weight excluding hydrogens is 322 g/mol. The van der Waals surface area contributed by atoms with E-state index in [1.165, 1.54) is 0 Å². The Balaban J connectivity index is 2.58. The zero-order chi connectivity index (χ0) is 12.8. The summed E-state index contributed by atoms with van der Waals surface area (Å²) in [6.07, 6.45) is 0. The Hall–Kier alpha value is -0.330. The van der Waals surface area contributed by atoms with Crippen LogP contribution in [0.3, 0.4) is 0 Å². The molecule has 1 amide bonds. The molecule has 1 atom stereocenters. The molecular formula is C11H14BrNO2S2. The third kappa shape index (κ3) is 4.81. The number of hydrogen-bond donors (Lipinski definition) is 2. The van der Waals surface area contributed by atoms with Crippen molar-refractivity contribution in [3.05, 3.63) is 28.2 Å². The highest BCUT2D eigenvalue weighted by Gasteiger charge is 2.09. The number of hydrogen-bond acceptors (Lipinski definition) is 3. The summed E-state index contributed by atoms with van der Waals surface area (Å²) in [7, 11) is -0.851. The molecule has 0 saturated carbocycles. The van der Waals surface area contributed by atoms with Gasteiger partial charge in [-0.1, -0.05) is 6.92 Å². The second-order valence-corrected chi connectivity index (χ2v) is 6.59. The number of halogens is 1. The third-order valence-electron chi connectivity index (χ3n) is 2.13. The third-order valence-corrected chi connectivity index (χ3v) is 4.40. The van der Waals surface area contributed by atoms with Gasteiger partial charge in [0, 0.05) is 38.2 Å². The predicted octanol–water partition coefficient (Wildman–Crippen LogP) is 2.24. The topological polar surface area (TPSA) is 46.2 Å². The zero-order valence-corrected chi connectivity index (χ0v) is 12.7. The molecule has 0 fully saturated rings. The Morgan fingerprint density at radius 2 is 2.24 bits per heavy atom. The summed E-state index contributed by atoms with van der Waals surface area (Å²) in [6.45, 7) is 2.28. The smallest absolute Gasteiger partial charge is 0.252 e. The lowest BCUT2D eigenvalue weighted by molar-refractivity contribution is 0.0955. The summed E-state index contributed by atoms with van der Waals surface area (Å²) in [4.78, 5) is 12.5. The molecule has 0 heterocycles. The van der Waals surface area contributed by atoms with Crippen molar-refractivity contribution in [3.63, 3.8) is 0 Å². The Morgan fingerprint density at radius 3 is 2.88 bits per heavy atom. The summed E-state index contributed by atoms with van der Waals surface area (Å²) < 4.78 is 11.9. The molecule has 1 aromatic carbocycles. The Kier molecular flexibility index (Phi) is 6.22. The molecule has 0 aliphatic carbocycles. The van der Waals surface area contributed by atoms with E-state index in [4.69, 9.17) is 0 Å². The zero-order valence-electron chi connectivity index (χ0n) is 9.40. The van der Waals surface area contributed by atoms with E-state index in [1.54, 1.807) is 18.2 Å². The molecule has 0 radical (unpaired) electrons. The highest BCUT2D eigenvalue weighted by molar-refractivity contribution is 9.10. The van der Waals surface area contributed by atoms with Crippen LogP contribution in [0, 0.1) is 0 Å². The van der Waals surface area contributed by atoms with Crippen molar-refractivity contribution in [1.29, 1.82) is 0 Å². The SMILES string of the molecule is CCS(=O)CCNC(=O)c1cc(S)ccc1Br. The number of rotatable bonds is 5. The van der Waals surface area contributed by atoms with Crippen molar-refractivity contribution in [2.75, 3.05) is 18.1 Å². The van der Waals surface area contributed by atoms with Crippen LogP contribution in [0.4, 0.5) is 0 Å². The van der Waals surface area contributed by atoms with Crippen molar-refractivity contribution in [1.82, 2.24) is 5.32 Å². The fraction of sp³-hybridized carbons (Fsp3) is 0.364. The van der Waals surface area contributed by atoms with Crippen LogP contribution in [0.15, 0.2) is 27.6 Å². The number of carbonyl (C=O) groups is 1. The summed E-state index contributed by atoms with van der Waals surface area (Å²) >= 11 is 7.50. The monoisotopic (exact) mass is 335 g/mol. The van der Waals surface area contributed by atoms with E-state index in [0.29, 0.717) is 23.6 Å². The van der Waals surface area contributed by atoms with Gasteiger partial charge in [0.25, 0.3) is 5.91 Å². The molecule has 0 saturated heterocycles. The van der Waals surface area contributed by atoms with Crippen molar-refractivity contribution in [3.8, 4) is 0 Å². The summed E-state index contributed by atoms with van der Waals surface area (Å²) in [5.74, 6) is 0.924. The van der Waals surface area contributed by atoms with Crippen LogP contribution in [0.1, 0.15) is 17.3 Å². The fourth-order valence-electron chi connectivity index (χ4n) is 1.21. The maximum absolute atomic E-state index is 11.8. The van der Waals surface area contributed by atoms with Crippen LogP contribution in [-0.2, 0) is 10.8 Å².